The first-order valence-electron chi connectivity index (χ1n) is 5.51. The highest BCUT2D eigenvalue weighted by molar-refractivity contribution is 6.31. The largest absolute Gasteiger partial charge is 0.493 e. The average Bonchev–Trinajstić information content (AvgIpc) is 2.81. The molecule has 19 heavy (non-hydrogen) atoms. The van der Waals surface area contributed by atoms with E-state index in [9.17, 15) is 4.79 Å². The summed E-state index contributed by atoms with van der Waals surface area (Å²) in [5.41, 5.74) is 0.955. The maximum Gasteiger partial charge on any atom is 0.172 e. The molecule has 2 aromatic rings. The number of aromatic nitrogens is 1. The van der Waals surface area contributed by atoms with Crippen molar-refractivity contribution >= 4 is 17.9 Å². The van der Waals surface area contributed by atoms with E-state index in [0.29, 0.717) is 39.8 Å². The number of halogens is 1. The molecule has 1 heterocycles. The Morgan fingerprint density at radius 2 is 2.21 bits per heavy atom. The third-order valence-electron chi connectivity index (χ3n) is 2.44. The van der Waals surface area contributed by atoms with E-state index < -0.39 is 0 Å². The Bertz CT molecular complexity index is 594. The van der Waals surface area contributed by atoms with Crippen LogP contribution in [0.5, 0.6) is 11.5 Å². The first-order valence-corrected chi connectivity index (χ1v) is 5.89. The van der Waals surface area contributed by atoms with E-state index in [1.54, 1.807) is 19.1 Å². The zero-order valence-corrected chi connectivity index (χ0v) is 11.2. The van der Waals surface area contributed by atoms with Gasteiger partial charge in [0.2, 0.25) is 0 Å². The number of methoxy groups -OCH3 is 1. The molecular weight excluding hydrogens is 270 g/mol. The topological polar surface area (TPSA) is 61.6 Å². The molecule has 2 rings (SSSR count). The van der Waals surface area contributed by atoms with E-state index in [1.165, 1.54) is 13.2 Å². The molecule has 0 saturated heterocycles. The van der Waals surface area contributed by atoms with Crippen LogP contribution in [0.2, 0.25) is 5.02 Å². The standard InChI is InChI=1S/C13H12ClNO4/c1-8-3-11(15-19-8)7-18-13-9(6-16)4-10(14)5-12(13)17-2/h3-6H,7H2,1-2H3. The van der Waals surface area contributed by atoms with Gasteiger partial charge in [-0.25, -0.2) is 0 Å². The van der Waals surface area contributed by atoms with Crippen molar-refractivity contribution in [1.82, 2.24) is 5.16 Å². The number of nitrogens with zero attached hydrogens (tertiary/aromatic N) is 1. The van der Waals surface area contributed by atoms with Gasteiger partial charge in [0.15, 0.2) is 17.8 Å². The van der Waals surface area contributed by atoms with Crippen LogP contribution < -0.4 is 9.47 Å². The molecule has 0 amide bonds. The number of benzene rings is 1. The molecule has 0 N–H and O–H groups in total. The Morgan fingerprint density at radius 1 is 1.42 bits per heavy atom. The second kappa shape index (κ2) is 5.75. The molecule has 0 aliphatic heterocycles. The summed E-state index contributed by atoms with van der Waals surface area (Å²) in [5.74, 6) is 1.43. The van der Waals surface area contributed by atoms with Crippen molar-refractivity contribution in [3.8, 4) is 11.5 Å². The van der Waals surface area contributed by atoms with Crippen molar-refractivity contribution in [1.29, 1.82) is 0 Å². The molecule has 0 bridgehead atoms. The van der Waals surface area contributed by atoms with Crippen LogP contribution in [0.25, 0.3) is 0 Å². The van der Waals surface area contributed by atoms with Gasteiger partial charge >= 0.3 is 0 Å². The van der Waals surface area contributed by atoms with E-state index in [0.717, 1.165) is 0 Å². The maximum atomic E-state index is 11.0. The van der Waals surface area contributed by atoms with Crippen LogP contribution in [0.15, 0.2) is 22.7 Å². The summed E-state index contributed by atoms with van der Waals surface area (Å²) in [5, 5.41) is 4.21. The van der Waals surface area contributed by atoms with Crippen LogP contribution in [0, 0.1) is 6.92 Å². The van der Waals surface area contributed by atoms with Crippen LogP contribution in [0.4, 0.5) is 0 Å². The Kier molecular flexibility index (Phi) is 4.06. The highest BCUT2D eigenvalue weighted by Gasteiger charge is 2.13. The van der Waals surface area contributed by atoms with Gasteiger partial charge in [-0.05, 0) is 13.0 Å². The fourth-order valence-electron chi connectivity index (χ4n) is 1.61. The molecule has 100 valence electrons. The number of ether oxygens (including phenoxy) is 2. The Labute approximate surface area is 115 Å². The third-order valence-corrected chi connectivity index (χ3v) is 2.65. The molecule has 1 aromatic carbocycles. The molecule has 6 heteroatoms. The summed E-state index contributed by atoms with van der Waals surface area (Å²) in [4.78, 5) is 11.0. The van der Waals surface area contributed by atoms with E-state index >= 15 is 0 Å². The molecule has 0 unspecified atom stereocenters. The third kappa shape index (κ3) is 3.06. The number of hydrogen-bond acceptors (Lipinski definition) is 5. The van der Waals surface area contributed by atoms with Gasteiger partial charge in [-0.1, -0.05) is 16.8 Å². The van der Waals surface area contributed by atoms with E-state index in [-0.39, 0.29) is 6.61 Å². The minimum Gasteiger partial charge on any atom is -0.493 e. The fraction of sp³-hybridized carbons (Fsp3) is 0.231. The SMILES string of the molecule is COc1cc(Cl)cc(C=O)c1OCc1cc(C)on1. The van der Waals surface area contributed by atoms with Gasteiger partial charge in [0.25, 0.3) is 0 Å². The predicted molar refractivity (Wildman–Crippen MR) is 69.0 cm³/mol. The summed E-state index contributed by atoms with van der Waals surface area (Å²) in [6.45, 7) is 1.96. The second-order valence-electron chi connectivity index (χ2n) is 3.86. The number of aldehydes is 1. The smallest absolute Gasteiger partial charge is 0.172 e. The van der Waals surface area contributed by atoms with E-state index in [1.807, 2.05) is 0 Å². The van der Waals surface area contributed by atoms with Gasteiger partial charge < -0.3 is 14.0 Å². The number of aryl methyl sites for hydroxylation is 1. The fourth-order valence-corrected chi connectivity index (χ4v) is 1.83. The zero-order valence-electron chi connectivity index (χ0n) is 10.5. The van der Waals surface area contributed by atoms with Crippen molar-refractivity contribution in [2.45, 2.75) is 13.5 Å². The molecule has 0 radical (unpaired) electrons. The van der Waals surface area contributed by atoms with Crippen molar-refractivity contribution in [2.24, 2.45) is 0 Å². The Balaban J connectivity index is 2.25. The number of hydrogen-bond donors (Lipinski definition) is 0. The highest BCUT2D eigenvalue weighted by Crippen LogP contribution is 2.34. The molecule has 0 aliphatic rings. The lowest BCUT2D eigenvalue weighted by Gasteiger charge is -2.12. The molecule has 5 nitrogen and oxygen atoms in total. The second-order valence-corrected chi connectivity index (χ2v) is 4.30. The van der Waals surface area contributed by atoms with Gasteiger partial charge in [-0.2, -0.15) is 0 Å². The molecular formula is C13H12ClNO4. The van der Waals surface area contributed by atoms with Crippen LogP contribution in [-0.4, -0.2) is 18.6 Å². The molecule has 0 saturated carbocycles. The monoisotopic (exact) mass is 281 g/mol. The lowest BCUT2D eigenvalue weighted by molar-refractivity contribution is 0.111. The van der Waals surface area contributed by atoms with Gasteiger partial charge in [-0.3, -0.25) is 4.79 Å². The van der Waals surface area contributed by atoms with Crippen molar-refractivity contribution in [3.05, 3.63) is 40.2 Å². The van der Waals surface area contributed by atoms with Gasteiger partial charge in [-0.15, -0.1) is 0 Å². The normalized spacial score (nSPS) is 10.3. The predicted octanol–water partition coefficient (Wildman–Crippen LogP) is 3.04. The van der Waals surface area contributed by atoms with Crippen LogP contribution in [0.3, 0.4) is 0 Å². The van der Waals surface area contributed by atoms with Crippen molar-refractivity contribution in [2.75, 3.05) is 7.11 Å². The quantitative estimate of drug-likeness (QED) is 0.788. The van der Waals surface area contributed by atoms with Crippen molar-refractivity contribution < 1.29 is 18.8 Å². The van der Waals surface area contributed by atoms with E-state index in [4.69, 9.17) is 25.6 Å². The molecule has 0 spiro atoms. The molecule has 1 aromatic heterocycles. The number of carbonyl (C=O) groups excluding carboxylic acids is 1. The Morgan fingerprint density at radius 3 is 2.79 bits per heavy atom. The number of carbonyl (C=O) groups is 1. The van der Waals surface area contributed by atoms with Crippen LogP contribution in [0.1, 0.15) is 21.8 Å². The first kappa shape index (κ1) is 13.4. The molecule has 0 atom stereocenters. The maximum absolute atomic E-state index is 11.0. The minimum absolute atomic E-state index is 0.177. The molecule has 0 aliphatic carbocycles. The molecule has 0 fully saturated rings. The Hall–Kier alpha value is -2.01. The van der Waals surface area contributed by atoms with Gasteiger partial charge in [0.05, 0.1) is 12.7 Å². The summed E-state index contributed by atoms with van der Waals surface area (Å²) >= 11 is 5.88. The zero-order chi connectivity index (χ0) is 13.8. The highest BCUT2D eigenvalue weighted by atomic mass is 35.5. The lowest BCUT2D eigenvalue weighted by atomic mass is 10.2. The summed E-state index contributed by atoms with van der Waals surface area (Å²) in [6, 6.07) is 4.85. The van der Waals surface area contributed by atoms with Crippen LogP contribution >= 0.6 is 11.6 Å². The number of rotatable bonds is 5. The minimum atomic E-state index is 0.177. The van der Waals surface area contributed by atoms with Crippen molar-refractivity contribution in [3.63, 3.8) is 0 Å². The van der Waals surface area contributed by atoms with Crippen LogP contribution in [-0.2, 0) is 6.61 Å². The first-order chi connectivity index (χ1) is 9.13. The average molecular weight is 282 g/mol. The summed E-state index contributed by atoms with van der Waals surface area (Å²) < 4.78 is 15.7. The van der Waals surface area contributed by atoms with E-state index in [2.05, 4.69) is 5.16 Å². The van der Waals surface area contributed by atoms with Gasteiger partial charge in [0.1, 0.15) is 18.1 Å². The summed E-state index contributed by atoms with van der Waals surface area (Å²) in [7, 11) is 1.48. The summed E-state index contributed by atoms with van der Waals surface area (Å²) in [6.07, 6.45) is 0.664. The van der Waals surface area contributed by atoms with Gasteiger partial charge in [0, 0.05) is 17.2 Å². The lowest BCUT2D eigenvalue weighted by Crippen LogP contribution is -2.01.